The van der Waals surface area contributed by atoms with Crippen molar-refractivity contribution >= 4 is 0 Å². The van der Waals surface area contributed by atoms with Gasteiger partial charge in [0.05, 0.1) is 6.61 Å². The number of methoxy groups -OCH3 is 1. The molecule has 0 bridgehead atoms. The number of nitrogens with two attached hydrogens (primary N) is 1. The van der Waals surface area contributed by atoms with E-state index in [9.17, 15) is 8.78 Å². The quantitative estimate of drug-likeness (QED) is 0.813. The molecular weight excluding hydrogens is 200 g/mol. The van der Waals surface area contributed by atoms with Gasteiger partial charge in [-0.15, -0.1) is 0 Å². The standard InChI is InChI=1S/C11H15F2NO/c1-15-7-11(14)3-2-8-4-9(12)6-10(13)5-8/h4-6,11H,2-3,7,14H2,1H3. The van der Waals surface area contributed by atoms with Crippen LogP contribution in [0.2, 0.25) is 0 Å². The van der Waals surface area contributed by atoms with Crippen LogP contribution in [0.15, 0.2) is 18.2 Å². The zero-order valence-electron chi connectivity index (χ0n) is 8.67. The molecule has 1 atom stereocenters. The van der Waals surface area contributed by atoms with Gasteiger partial charge in [0.25, 0.3) is 0 Å². The Bertz CT molecular complexity index is 297. The van der Waals surface area contributed by atoms with Gasteiger partial charge in [0.2, 0.25) is 0 Å². The van der Waals surface area contributed by atoms with Crippen molar-refractivity contribution in [3.05, 3.63) is 35.4 Å². The summed E-state index contributed by atoms with van der Waals surface area (Å²) in [7, 11) is 1.57. The Morgan fingerprint density at radius 1 is 1.27 bits per heavy atom. The van der Waals surface area contributed by atoms with Gasteiger partial charge >= 0.3 is 0 Å². The minimum absolute atomic E-state index is 0.0960. The lowest BCUT2D eigenvalue weighted by Gasteiger charge is -2.09. The van der Waals surface area contributed by atoms with Crippen molar-refractivity contribution in [2.45, 2.75) is 18.9 Å². The molecule has 4 heteroatoms. The molecule has 1 unspecified atom stereocenters. The van der Waals surface area contributed by atoms with Crippen LogP contribution in [0, 0.1) is 11.6 Å². The van der Waals surface area contributed by atoms with E-state index >= 15 is 0 Å². The van der Waals surface area contributed by atoms with Gasteiger partial charge in [-0.3, -0.25) is 0 Å². The fourth-order valence-corrected chi connectivity index (χ4v) is 1.40. The summed E-state index contributed by atoms with van der Waals surface area (Å²) >= 11 is 0. The van der Waals surface area contributed by atoms with Gasteiger partial charge < -0.3 is 10.5 Å². The zero-order valence-corrected chi connectivity index (χ0v) is 8.67. The molecule has 0 radical (unpaired) electrons. The molecule has 0 amide bonds. The molecule has 0 fully saturated rings. The second kappa shape index (κ2) is 5.78. The van der Waals surface area contributed by atoms with Crippen molar-refractivity contribution in [2.75, 3.05) is 13.7 Å². The highest BCUT2D eigenvalue weighted by Crippen LogP contribution is 2.10. The van der Waals surface area contributed by atoms with E-state index in [1.165, 1.54) is 12.1 Å². The van der Waals surface area contributed by atoms with Crippen LogP contribution in [0.4, 0.5) is 8.78 Å². The van der Waals surface area contributed by atoms with Crippen molar-refractivity contribution < 1.29 is 13.5 Å². The number of hydrogen-bond donors (Lipinski definition) is 1. The summed E-state index contributed by atoms with van der Waals surface area (Å²) in [5.41, 5.74) is 6.32. The van der Waals surface area contributed by atoms with Crippen molar-refractivity contribution in [3.63, 3.8) is 0 Å². The molecule has 2 N–H and O–H groups in total. The second-order valence-corrected chi connectivity index (χ2v) is 3.53. The number of hydrogen-bond acceptors (Lipinski definition) is 2. The molecule has 0 aliphatic carbocycles. The van der Waals surface area contributed by atoms with Crippen LogP contribution in [-0.4, -0.2) is 19.8 Å². The first kappa shape index (κ1) is 12.1. The van der Waals surface area contributed by atoms with E-state index in [0.29, 0.717) is 25.0 Å². The summed E-state index contributed by atoms with van der Waals surface area (Å²) in [6.07, 6.45) is 1.20. The average Bonchev–Trinajstić information content (AvgIpc) is 2.14. The first-order chi connectivity index (χ1) is 7.11. The van der Waals surface area contributed by atoms with Crippen LogP contribution in [0.1, 0.15) is 12.0 Å². The molecule has 0 spiro atoms. The summed E-state index contributed by atoms with van der Waals surface area (Å²) in [5.74, 6) is -1.10. The summed E-state index contributed by atoms with van der Waals surface area (Å²) in [4.78, 5) is 0. The molecule has 84 valence electrons. The van der Waals surface area contributed by atoms with Gasteiger partial charge in [-0.2, -0.15) is 0 Å². The molecule has 0 aliphatic heterocycles. The van der Waals surface area contributed by atoms with E-state index in [0.717, 1.165) is 6.07 Å². The molecule has 0 heterocycles. The Kier molecular flexibility index (Phi) is 4.65. The normalized spacial score (nSPS) is 12.8. The lowest BCUT2D eigenvalue weighted by molar-refractivity contribution is 0.177. The van der Waals surface area contributed by atoms with Gasteiger partial charge in [0, 0.05) is 19.2 Å². The molecular formula is C11H15F2NO. The number of aryl methyl sites for hydroxylation is 1. The van der Waals surface area contributed by atoms with Crippen molar-refractivity contribution in [1.82, 2.24) is 0 Å². The maximum atomic E-state index is 12.8. The highest BCUT2D eigenvalue weighted by Gasteiger charge is 2.04. The lowest BCUT2D eigenvalue weighted by atomic mass is 10.1. The molecule has 0 saturated carbocycles. The molecule has 15 heavy (non-hydrogen) atoms. The Hall–Kier alpha value is -1.00. The first-order valence-electron chi connectivity index (χ1n) is 4.81. The largest absolute Gasteiger partial charge is 0.383 e. The molecule has 0 aliphatic rings. The number of rotatable bonds is 5. The van der Waals surface area contributed by atoms with Crippen molar-refractivity contribution in [2.24, 2.45) is 5.73 Å². The van der Waals surface area contributed by atoms with E-state index in [1.807, 2.05) is 0 Å². The molecule has 1 rings (SSSR count). The highest BCUT2D eigenvalue weighted by atomic mass is 19.1. The lowest BCUT2D eigenvalue weighted by Crippen LogP contribution is -2.26. The third kappa shape index (κ3) is 4.36. The minimum Gasteiger partial charge on any atom is -0.383 e. The van der Waals surface area contributed by atoms with Crippen molar-refractivity contribution in [3.8, 4) is 0 Å². The second-order valence-electron chi connectivity index (χ2n) is 3.53. The summed E-state index contributed by atoms with van der Waals surface area (Å²) in [6.45, 7) is 0.456. The fourth-order valence-electron chi connectivity index (χ4n) is 1.40. The number of benzene rings is 1. The Morgan fingerprint density at radius 2 is 1.87 bits per heavy atom. The highest BCUT2D eigenvalue weighted by molar-refractivity contribution is 5.18. The predicted octanol–water partition coefficient (Wildman–Crippen LogP) is 1.87. The minimum atomic E-state index is -0.551. The van der Waals surface area contributed by atoms with Crippen LogP contribution in [-0.2, 0) is 11.2 Å². The van der Waals surface area contributed by atoms with Gasteiger partial charge in [0.1, 0.15) is 11.6 Å². The molecule has 0 saturated heterocycles. The van der Waals surface area contributed by atoms with E-state index in [4.69, 9.17) is 10.5 Å². The molecule has 0 aromatic heterocycles. The van der Waals surface area contributed by atoms with Crippen LogP contribution in [0.25, 0.3) is 0 Å². The first-order valence-corrected chi connectivity index (χ1v) is 4.81. The number of halogens is 2. The zero-order chi connectivity index (χ0) is 11.3. The van der Waals surface area contributed by atoms with E-state index in [-0.39, 0.29) is 6.04 Å². The maximum Gasteiger partial charge on any atom is 0.126 e. The third-order valence-corrected chi connectivity index (χ3v) is 2.11. The summed E-state index contributed by atoms with van der Waals surface area (Å²) in [5, 5.41) is 0. The van der Waals surface area contributed by atoms with Crippen molar-refractivity contribution in [1.29, 1.82) is 0 Å². The molecule has 1 aromatic carbocycles. The van der Waals surface area contributed by atoms with Gasteiger partial charge in [0.15, 0.2) is 0 Å². The topological polar surface area (TPSA) is 35.2 Å². The maximum absolute atomic E-state index is 12.8. The van der Waals surface area contributed by atoms with Crippen LogP contribution < -0.4 is 5.73 Å². The SMILES string of the molecule is COCC(N)CCc1cc(F)cc(F)c1. The summed E-state index contributed by atoms with van der Waals surface area (Å²) < 4.78 is 30.5. The monoisotopic (exact) mass is 215 g/mol. The van der Waals surface area contributed by atoms with Gasteiger partial charge in [-0.05, 0) is 30.5 Å². The van der Waals surface area contributed by atoms with E-state index in [2.05, 4.69) is 0 Å². The van der Waals surface area contributed by atoms with Crippen LogP contribution in [0.5, 0.6) is 0 Å². The van der Waals surface area contributed by atoms with Gasteiger partial charge in [-0.25, -0.2) is 8.78 Å². The van der Waals surface area contributed by atoms with E-state index < -0.39 is 11.6 Å². The van der Waals surface area contributed by atoms with Crippen LogP contribution >= 0.6 is 0 Å². The average molecular weight is 215 g/mol. The summed E-state index contributed by atoms with van der Waals surface area (Å²) in [6, 6.07) is 3.41. The fraction of sp³-hybridized carbons (Fsp3) is 0.455. The Balaban J connectivity index is 2.50. The molecule has 2 nitrogen and oxygen atoms in total. The Morgan fingerprint density at radius 3 is 2.40 bits per heavy atom. The smallest absolute Gasteiger partial charge is 0.126 e. The van der Waals surface area contributed by atoms with Crippen LogP contribution in [0.3, 0.4) is 0 Å². The third-order valence-electron chi connectivity index (χ3n) is 2.11. The van der Waals surface area contributed by atoms with Gasteiger partial charge in [-0.1, -0.05) is 0 Å². The Labute approximate surface area is 88.0 Å². The predicted molar refractivity (Wildman–Crippen MR) is 54.5 cm³/mol. The number of ether oxygens (including phenoxy) is 1. The molecule has 1 aromatic rings. The van der Waals surface area contributed by atoms with E-state index in [1.54, 1.807) is 7.11 Å².